The van der Waals surface area contributed by atoms with E-state index < -0.39 is 48.6 Å². The SMILES string of the molecule is C#CC(OP(=O)(OF)OF)c1c(F)c(F)c(F)c(F)c1F. The van der Waals surface area contributed by atoms with Gasteiger partial charge in [-0.3, -0.25) is 4.52 Å². The Balaban J connectivity index is 3.44. The van der Waals surface area contributed by atoms with Crippen LogP contribution >= 0.6 is 7.82 Å². The van der Waals surface area contributed by atoms with Crippen LogP contribution in [0.15, 0.2) is 0 Å². The molecule has 0 aliphatic heterocycles. The Hall–Kier alpha value is -1.60. The number of hydrogen-bond donors (Lipinski definition) is 0. The lowest BCUT2D eigenvalue weighted by molar-refractivity contribution is -0.122. The van der Waals surface area contributed by atoms with Crippen LogP contribution in [0.4, 0.5) is 31.0 Å². The predicted molar refractivity (Wildman–Crippen MR) is 50.9 cm³/mol. The molecule has 1 aromatic rings. The largest absolute Gasteiger partial charge is 0.538 e. The van der Waals surface area contributed by atoms with E-state index in [1.54, 1.807) is 0 Å². The van der Waals surface area contributed by atoms with Crippen LogP contribution in [-0.2, 0) is 18.5 Å². The molecule has 0 aliphatic rings. The predicted octanol–water partition coefficient (Wildman–Crippen LogP) is 3.98. The standard InChI is InChI=1S/C9H2F7O4P/c1-2-3(18-21(17,19-15)20-16)4-5(10)7(12)9(14)8(13)6(4)11/h1,3H. The van der Waals surface area contributed by atoms with E-state index >= 15 is 0 Å². The Bertz CT molecular complexity index is 607. The second-order valence-corrected chi connectivity index (χ2v) is 4.60. The maximum atomic E-state index is 13.4. The summed E-state index contributed by atoms with van der Waals surface area (Å²) in [7, 11) is -5.65. The maximum absolute atomic E-state index is 13.4. The van der Waals surface area contributed by atoms with Crippen molar-refractivity contribution in [3.05, 3.63) is 34.6 Å². The summed E-state index contributed by atoms with van der Waals surface area (Å²) in [5.74, 6) is -10.9. The van der Waals surface area contributed by atoms with Gasteiger partial charge in [0.25, 0.3) is 0 Å². The van der Waals surface area contributed by atoms with Gasteiger partial charge in [0.05, 0.1) is 5.56 Å². The van der Waals surface area contributed by atoms with Crippen molar-refractivity contribution in [1.29, 1.82) is 0 Å². The first-order chi connectivity index (χ1) is 9.72. The molecule has 0 radical (unpaired) electrons. The summed E-state index contributed by atoms with van der Waals surface area (Å²) < 4.78 is 108. The number of rotatable bonds is 5. The van der Waals surface area contributed by atoms with E-state index in [-0.39, 0.29) is 0 Å². The van der Waals surface area contributed by atoms with Crippen molar-refractivity contribution in [3.8, 4) is 12.3 Å². The summed E-state index contributed by atoms with van der Waals surface area (Å²) in [6.07, 6.45) is 2.01. The fourth-order valence-electron chi connectivity index (χ4n) is 1.19. The van der Waals surface area contributed by atoms with Crippen molar-refractivity contribution < 1.29 is 49.5 Å². The van der Waals surface area contributed by atoms with Crippen molar-refractivity contribution in [2.24, 2.45) is 0 Å². The van der Waals surface area contributed by atoms with E-state index in [9.17, 15) is 35.6 Å². The number of benzene rings is 1. The van der Waals surface area contributed by atoms with Gasteiger partial charge in [-0.1, -0.05) is 15.4 Å². The second kappa shape index (κ2) is 6.44. The summed E-state index contributed by atoms with van der Waals surface area (Å²) in [5.41, 5.74) is -1.80. The lowest BCUT2D eigenvalue weighted by atomic mass is 10.1. The molecule has 0 fully saturated rings. The van der Waals surface area contributed by atoms with Crippen molar-refractivity contribution in [2.75, 3.05) is 0 Å². The molecule has 0 spiro atoms. The molecule has 1 unspecified atom stereocenters. The quantitative estimate of drug-likeness (QED) is 0.268. The molecule has 0 bridgehead atoms. The topological polar surface area (TPSA) is 44.8 Å². The monoisotopic (exact) mass is 338 g/mol. The van der Waals surface area contributed by atoms with E-state index in [0.29, 0.717) is 0 Å². The number of phosphoric acid groups is 1. The molecule has 1 rings (SSSR count). The summed E-state index contributed by atoms with van der Waals surface area (Å²) in [5, 5.41) is 0. The van der Waals surface area contributed by atoms with Crippen molar-refractivity contribution in [3.63, 3.8) is 0 Å². The van der Waals surface area contributed by atoms with Gasteiger partial charge in [-0.25, -0.2) is 26.5 Å². The molecule has 0 saturated carbocycles. The van der Waals surface area contributed by atoms with E-state index in [4.69, 9.17) is 0 Å². The van der Waals surface area contributed by atoms with Crippen LogP contribution in [0.3, 0.4) is 0 Å². The maximum Gasteiger partial charge on any atom is 0.538 e. The van der Waals surface area contributed by atoms with Gasteiger partial charge >= 0.3 is 7.82 Å². The highest BCUT2D eigenvalue weighted by Crippen LogP contribution is 2.54. The fourth-order valence-corrected chi connectivity index (χ4v) is 1.70. The van der Waals surface area contributed by atoms with Crippen LogP contribution < -0.4 is 0 Å². The number of hydrogen-bond acceptors (Lipinski definition) is 4. The number of halogens is 7. The average Bonchev–Trinajstić information content (AvgIpc) is 2.49. The zero-order valence-corrected chi connectivity index (χ0v) is 10.3. The highest BCUT2D eigenvalue weighted by Gasteiger charge is 2.38. The minimum Gasteiger partial charge on any atom is -0.262 e. The van der Waals surface area contributed by atoms with Gasteiger partial charge in [-0.05, 0) is 9.05 Å². The lowest BCUT2D eigenvalue weighted by Crippen LogP contribution is -2.12. The smallest absolute Gasteiger partial charge is 0.262 e. The first kappa shape index (κ1) is 17.5. The Morgan fingerprint density at radius 1 is 0.905 bits per heavy atom. The molecule has 0 saturated heterocycles. The molecule has 1 atom stereocenters. The van der Waals surface area contributed by atoms with Gasteiger partial charge in [0, 0.05) is 0 Å². The number of terminal acetylenes is 1. The third-order valence-corrected chi connectivity index (χ3v) is 2.87. The molecule has 0 N–H and O–H groups in total. The summed E-state index contributed by atoms with van der Waals surface area (Å²) in [6.45, 7) is 0. The Morgan fingerprint density at radius 2 is 1.29 bits per heavy atom. The molecule has 0 aliphatic carbocycles. The highest BCUT2D eigenvalue weighted by atomic mass is 31.2. The first-order valence-corrected chi connectivity index (χ1v) is 6.05. The Morgan fingerprint density at radius 3 is 1.62 bits per heavy atom. The van der Waals surface area contributed by atoms with Crippen molar-refractivity contribution in [2.45, 2.75) is 6.10 Å². The molecule has 116 valence electrons. The third-order valence-electron chi connectivity index (χ3n) is 2.06. The van der Waals surface area contributed by atoms with Crippen LogP contribution in [0.1, 0.15) is 11.7 Å². The van der Waals surface area contributed by atoms with Crippen molar-refractivity contribution in [1.82, 2.24) is 0 Å². The van der Waals surface area contributed by atoms with Gasteiger partial charge < -0.3 is 0 Å². The lowest BCUT2D eigenvalue weighted by Gasteiger charge is -2.16. The molecule has 0 aromatic heterocycles. The Kier molecular flexibility index (Phi) is 5.36. The first-order valence-electron chi connectivity index (χ1n) is 4.59. The highest BCUT2D eigenvalue weighted by molar-refractivity contribution is 7.48. The normalized spacial score (nSPS) is 13.0. The van der Waals surface area contributed by atoms with Crippen LogP contribution in [0.25, 0.3) is 0 Å². The summed E-state index contributed by atoms with van der Waals surface area (Å²) in [4.78, 5) is 0. The van der Waals surface area contributed by atoms with E-state index in [0.717, 1.165) is 0 Å². The zero-order valence-electron chi connectivity index (χ0n) is 9.38. The molecular formula is C9H2F7O4P. The zero-order chi connectivity index (χ0) is 16.4. The molecule has 0 heterocycles. The van der Waals surface area contributed by atoms with E-state index in [1.807, 2.05) is 0 Å². The average molecular weight is 338 g/mol. The van der Waals surface area contributed by atoms with Gasteiger partial charge in [0.2, 0.25) is 5.82 Å². The van der Waals surface area contributed by atoms with E-state index in [2.05, 4.69) is 20.4 Å². The second-order valence-electron chi connectivity index (χ2n) is 3.22. The van der Waals surface area contributed by atoms with Crippen LogP contribution in [0, 0.1) is 41.4 Å². The van der Waals surface area contributed by atoms with Crippen LogP contribution in [-0.4, -0.2) is 0 Å². The molecule has 4 nitrogen and oxygen atoms in total. The van der Waals surface area contributed by atoms with Gasteiger partial charge in [0.15, 0.2) is 29.4 Å². The molecule has 0 amide bonds. The van der Waals surface area contributed by atoms with Gasteiger partial charge in [-0.15, -0.1) is 6.42 Å². The van der Waals surface area contributed by atoms with Crippen molar-refractivity contribution >= 4 is 7.82 Å². The van der Waals surface area contributed by atoms with E-state index in [1.165, 1.54) is 5.92 Å². The molecule has 21 heavy (non-hydrogen) atoms. The molecular weight excluding hydrogens is 336 g/mol. The molecule has 12 heteroatoms. The van der Waals surface area contributed by atoms with Gasteiger partial charge in [0.1, 0.15) is 0 Å². The van der Waals surface area contributed by atoms with Gasteiger partial charge in [-0.2, -0.15) is 0 Å². The van der Waals surface area contributed by atoms with Crippen LogP contribution in [0.2, 0.25) is 0 Å². The fraction of sp³-hybridized carbons (Fsp3) is 0.111. The third kappa shape index (κ3) is 3.19. The Labute approximate surface area is 111 Å². The summed E-state index contributed by atoms with van der Waals surface area (Å²) in [6, 6.07) is 0. The minimum absolute atomic E-state index is 1.27. The summed E-state index contributed by atoms with van der Waals surface area (Å²) >= 11 is 0. The minimum atomic E-state index is -5.65. The molecule has 1 aromatic carbocycles. The van der Waals surface area contributed by atoms with Crippen LogP contribution in [0.5, 0.6) is 0 Å².